The SMILES string of the molecule is Cc1nc(-c2ccccn2)sc1C(=O)O[C@H](C)C(=O)N1C[C@@H](C)O[C@@H](C)C1. The number of esters is 1. The van der Waals surface area contributed by atoms with Crippen LogP contribution in [0, 0.1) is 6.92 Å². The van der Waals surface area contributed by atoms with Crippen molar-refractivity contribution < 1.29 is 19.1 Å². The zero-order valence-corrected chi connectivity index (χ0v) is 16.7. The van der Waals surface area contributed by atoms with E-state index in [0.717, 1.165) is 0 Å². The summed E-state index contributed by atoms with van der Waals surface area (Å²) in [6.07, 6.45) is 0.736. The lowest BCUT2D eigenvalue weighted by Gasteiger charge is -2.36. The first-order valence-electron chi connectivity index (χ1n) is 8.89. The second-order valence-corrected chi connectivity index (χ2v) is 7.70. The maximum absolute atomic E-state index is 12.6. The normalized spacial score (nSPS) is 21.0. The summed E-state index contributed by atoms with van der Waals surface area (Å²) < 4.78 is 11.1. The van der Waals surface area contributed by atoms with Gasteiger partial charge in [-0.1, -0.05) is 6.07 Å². The van der Waals surface area contributed by atoms with Crippen LogP contribution in [0.25, 0.3) is 10.7 Å². The largest absolute Gasteiger partial charge is 0.448 e. The molecule has 1 aliphatic heterocycles. The van der Waals surface area contributed by atoms with Crippen molar-refractivity contribution in [2.24, 2.45) is 0 Å². The number of carbonyl (C=O) groups excluding carboxylic acids is 2. The quantitative estimate of drug-likeness (QED) is 0.748. The molecular formula is C19H23N3O4S. The summed E-state index contributed by atoms with van der Waals surface area (Å²) in [6.45, 7) is 8.18. The molecule has 1 fully saturated rings. The van der Waals surface area contributed by atoms with E-state index in [1.54, 1.807) is 24.9 Å². The zero-order chi connectivity index (χ0) is 19.6. The molecule has 27 heavy (non-hydrogen) atoms. The lowest BCUT2D eigenvalue weighted by molar-refractivity contribution is -0.151. The maximum Gasteiger partial charge on any atom is 0.351 e. The molecule has 3 rings (SSSR count). The number of carbonyl (C=O) groups is 2. The Morgan fingerprint density at radius 1 is 1.30 bits per heavy atom. The predicted molar refractivity (Wildman–Crippen MR) is 102 cm³/mol. The van der Waals surface area contributed by atoms with Crippen molar-refractivity contribution >= 4 is 23.2 Å². The van der Waals surface area contributed by atoms with Gasteiger partial charge in [0.15, 0.2) is 6.10 Å². The van der Waals surface area contributed by atoms with Crippen LogP contribution in [0.1, 0.15) is 36.1 Å². The van der Waals surface area contributed by atoms with Gasteiger partial charge in [0.25, 0.3) is 5.91 Å². The third kappa shape index (κ3) is 4.51. The molecule has 0 spiro atoms. The van der Waals surface area contributed by atoms with Gasteiger partial charge in [-0.2, -0.15) is 0 Å². The number of amides is 1. The molecule has 3 atom stereocenters. The smallest absolute Gasteiger partial charge is 0.351 e. The number of aryl methyl sites for hydroxylation is 1. The number of ether oxygens (including phenoxy) is 2. The van der Waals surface area contributed by atoms with E-state index in [1.165, 1.54) is 11.3 Å². The van der Waals surface area contributed by atoms with E-state index in [1.807, 2.05) is 32.0 Å². The van der Waals surface area contributed by atoms with Crippen LogP contribution >= 0.6 is 11.3 Å². The highest BCUT2D eigenvalue weighted by atomic mass is 32.1. The molecule has 0 aliphatic carbocycles. The molecule has 0 unspecified atom stereocenters. The van der Waals surface area contributed by atoms with E-state index in [4.69, 9.17) is 9.47 Å². The number of thiazole rings is 1. The summed E-state index contributed by atoms with van der Waals surface area (Å²) in [5, 5.41) is 0.648. The van der Waals surface area contributed by atoms with Crippen LogP contribution in [0.2, 0.25) is 0 Å². The number of aromatic nitrogens is 2. The van der Waals surface area contributed by atoms with E-state index in [2.05, 4.69) is 9.97 Å². The van der Waals surface area contributed by atoms with Crippen LogP contribution in [-0.4, -0.2) is 58.1 Å². The van der Waals surface area contributed by atoms with Gasteiger partial charge < -0.3 is 14.4 Å². The van der Waals surface area contributed by atoms with E-state index < -0.39 is 12.1 Å². The third-order valence-electron chi connectivity index (χ3n) is 4.23. The van der Waals surface area contributed by atoms with Crippen LogP contribution in [0.15, 0.2) is 24.4 Å². The minimum atomic E-state index is -0.866. The van der Waals surface area contributed by atoms with Gasteiger partial charge >= 0.3 is 5.97 Å². The summed E-state index contributed by atoms with van der Waals surface area (Å²) in [5.74, 6) is -0.750. The Morgan fingerprint density at radius 3 is 2.63 bits per heavy atom. The summed E-state index contributed by atoms with van der Waals surface area (Å²) in [4.78, 5) is 35.9. The molecule has 0 radical (unpaired) electrons. The summed E-state index contributed by atoms with van der Waals surface area (Å²) in [7, 11) is 0. The van der Waals surface area contributed by atoms with Crippen LogP contribution in [0.3, 0.4) is 0 Å². The highest BCUT2D eigenvalue weighted by molar-refractivity contribution is 7.17. The fraction of sp³-hybridized carbons (Fsp3) is 0.474. The lowest BCUT2D eigenvalue weighted by Crippen LogP contribution is -2.51. The molecule has 2 aromatic rings. The molecule has 1 aliphatic rings. The molecule has 1 amide bonds. The number of morpholine rings is 1. The molecule has 8 heteroatoms. The number of hydrogen-bond acceptors (Lipinski definition) is 7. The summed E-state index contributed by atoms with van der Waals surface area (Å²) in [5.41, 5.74) is 1.27. The minimum absolute atomic E-state index is 0.0368. The standard InChI is InChI=1S/C19H23N3O4S/c1-11-9-22(10-12(2)25-11)18(23)14(4)26-19(24)16-13(3)21-17(27-16)15-7-5-6-8-20-15/h5-8,11-12,14H,9-10H2,1-4H3/t11-,12+,14-/m1/s1. The van der Waals surface area contributed by atoms with E-state index in [-0.39, 0.29) is 18.1 Å². The molecule has 0 aromatic carbocycles. The van der Waals surface area contributed by atoms with Gasteiger partial charge in [0, 0.05) is 19.3 Å². The number of nitrogens with zero attached hydrogens (tertiary/aromatic N) is 3. The van der Waals surface area contributed by atoms with Crippen LogP contribution in [0.4, 0.5) is 0 Å². The monoisotopic (exact) mass is 389 g/mol. The fourth-order valence-electron chi connectivity index (χ4n) is 3.06. The van der Waals surface area contributed by atoms with Crippen molar-refractivity contribution in [1.82, 2.24) is 14.9 Å². The van der Waals surface area contributed by atoms with Gasteiger partial charge in [-0.3, -0.25) is 9.78 Å². The van der Waals surface area contributed by atoms with Crippen molar-refractivity contribution in [2.75, 3.05) is 13.1 Å². The zero-order valence-electron chi connectivity index (χ0n) is 15.8. The van der Waals surface area contributed by atoms with Gasteiger partial charge in [-0.25, -0.2) is 9.78 Å². The summed E-state index contributed by atoms with van der Waals surface area (Å²) in [6, 6.07) is 5.52. The molecule has 0 saturated carbocycles. The predicted octanol–water partition coefficient (Wildman–Crippen LogP) is 2.69. The first kappa shape index (κ1) is 19.4. The highest BCUT2D eigenvalue weighted by Gasteiger charge is 2.31. The van der Waals surface area contributed by atoms with E-state index >= 15 is 0 Å². The van der Waals surface area contributed by atoms with Gasteiger partial charge in [0.2, 0.25) is 0 Å². The van der Waals surface area contributed by atoms with E-state index in [9.17, 15) is 9.59 Å². The molecule has 2 aromatic heterocycles. The Bertz CT molecular complexity index is 814. The Kier molecular flexibility index (Phi) is 5.86. The lowest BCUT2D eigenvalue weighted by atomic mass is 10.2. The molecule has 144 valence electrons. The average Bonchev–Trinajstić information content (AvgIpc) is 3.03. The van der Waals surface area contributed by atoms with E-state index in [0.29, 0.717) is 34.4 Å². The van der Waals surface area contributed by atoms with Crippen molar-refractivity contribution in [3.05, 3.63) is 35.0 Å². The first-order valence-corrected chi connectivity index (χ1v) is 9.71. The first-order chi connectivity index (χ1) is 12.8. The van der Waals surface area contributed by atoms with Gasteiger partial charge in [-0.15, -0.1) is 11.3 Å². The van der Waals surface area contributed by atoms with Crippen LogP contribution in [-0.2, 0) is 14.3 Å². The number of hydrogen-bond donors (Lipinski definition) is 0. The van der Waals surface area contributed by atoms with Gasteiger partial charge in [-0.05, 0) is 39.8 Å². The van der Waals surface area contributed by atoms with Crippen LogP contribution in [0.5, 0.6) is 0 Å². The topological polar surface area (TPSA) is 81.6 Å². The van der Waals surface area contributed by atoms with Crippen molar-refractivity contribution in [3.63, 3.8) is 0 Å². The Balaban J connectivity index is 1.68. The number of rotatable bonds is 4. The average molecular weight is 389 g/mol. The second-order valence-electron chi connectivity index (χ2n) is 6.70. The summed E-state index contributed by atoms with van der Waals surface area (Å²) >= 11 is 1.22. The molecule has 0 N–H and O–H groups in total. The Labute approximate surface area is 162 Å². The minimum Gasteiger partial charge on any atom is -0.448 e. The third-order valence-corrected chi connectivity index (χ3v) is 5.39. The molecular weight excluding hydrogens is 366 g/mol. The Hall–Kier alpha value is -2.32. The molecule has 7 nitrogen and oxygen atoms in total. The second kappa shape index (κ2) is 8.14. The van der Waals surface area contributed by atoms with Crippen LogP contribution < -0.4 is 0 Å². The Morgan fingerprint density at radius 2 is 2.00 bits per heavy atom. The van der Waals surface area contributed by atoms with Crippen molar-refractivity contribution in [2.45, 2.75) is 46.0 Å². The van der Waals surface area contributed by atoms with Gasteiger partial charge in [0.05, 0.1) is 23.6 Å². The molecule has 1 saturated heterocycles. The van der Waals surface area contributed by atoms with Gasteiger partial charge in [0.1, 0.15) is 9.88 Å². The fourth-order valence-corrected chi connectivity index (χ4v) is 3.99. The highest BCUT2D eigenvalue weighted by Crippen LogP contribution is 2.27. The maximum atomic E-state index is 12.6. The molecule has 0 bridgehead atoms. The van der Waals surface area contributed by atoms with Crippen molar-refractivity contribution in [1.29, 1.82) is 0 Å². The number of pyridine rings is 1. The molecule has 3 heterocycles. The van der Waals surface area contributed by atoms with Crippen molar-refractivity contribution in [3.8, 4) is 10.7 Å².